The predicted octanol–water partition coefficient (Wildman–Crippen LogP) is 4.00. The summed E-state index contributed by atoms with van der Waals surface area (Å²) in [5.41, 5.74) is 2.57. The summed E-state index contributed by atoms with van der Waals surface area (Å²) in [6.45, 7) is 4.60. The van der Waals surface area contributed by atoms with E-state index in [0.29, 0.717) is 6.54 Å². The Hall–Kier alpha value is -2.44. The minimum Gasteiger partial charge on any atom is -0.459 e. The van der Waals surface area contributed by atoms with Gasteiger partial charge in [-0.2, -0.15) is 0 Å². The molecule has 6 heteroatoms. The van der Waals surface area contributed by atoms with Crippen molar-refractivity contribution in [2.75, 3.05) is 7.05 Å². The molecule has 0 aliphatic heterocycles. The topological polar surface area (TPSA) is 50.8 Å². The van der Waals surface area contributed by atoms with E-state index in [0.717, 1.165) is 33.1 Å². The molecule has 0 amide bonds. The Morgan fingerprint density at radius 3 is 2.92 bits per heavy atom. The number of aromatic nitrogens is 2. The summed E-state index contributed by atoms with van der Waals surface area (Å²) in [6.07, 6.45) is 0. The molecule has 0 saturated carbocycles. The number of hydrogen-bond acceptors (Lipinski definition) is 5. The Labute approximate surface area is 149 Å². The van der Waals surface area contributed by atoms with E-state index in [9.17, 15) is 4.79 Å². The zero-order chi connectivity index (χ0) is 17.6. The molecule has 4 aromatic rings. The Bertz CT molecular complexity index is 1080. The van der Waals surface area contributed by atoms with Crippen LogP contribution >= 0.6 is 11.3 Å². The van der Waals surface area contributed by atoms with E-state index in [-0.39, 0.29) is 11.6 Å². The molecule has 0 spiro atoms. The molecule has 25 heavy (non-hydrogen) atoms. The van der Waals surface area contributed by atoms with Gasteiger partial charge in [-0.3, -0.25) is 14.1 Å². The second kappa shape index (κ2) is 6.13. The van der Waals surface area contributed by atoms with Gasteiger partial charge in [-0.05, 0) is 33.0 Å². The quantitative estimate of drug-likeness (QED) is 0.556. The Kier molecular flexibility index (Phi) is 3.94. The standard InChI is InChI=1S/C19H19N3O2S/c1-12-11-25-19-20-15(9-18(23)22(12)19)10-21(3)13(2)17-8-14-6-4-5-7-16(14)24-17/h4-9,11,13H,10H2,1-3H3. The molecule has 0 aliphatic rings. The van der Waals surface area contributed by atoms with Gasteiger partial charge in [0.25, 0.3) is 5.56 Å². The predicted molar refractivity (Wildman–Crippen MR) is 100 cm³/mol. The van der Waals surface area contributed by atoms with Gasteiger partial charge >= 0.3 is 0 Å². The summed E-state index contributed by atoms with van der Waals surface area (Å²) in [5.74, 6) is 0.911. The fourth-order valence-electron chi connectivity index (χ4n) is 3.00. The molecule has 128 valence electrons. The van der Waals surface area contributed by atoms with Gasteiger partial charge in [-0.15, -0.1) is 11.3 Å². The molecule has 0 aliphatic carbocycles. The number of aryl methyl sites for hydroxylation is 1. The number of furan rings is 1. The van der Waals surface area contributed by atoms with E-state index in [1.165, 1.54) is 11.3 Å². The molecular formula is C19H19N3O2S. The summed E-state index contributed by atoms with van der Waals surface area (Å²) >= 11 is 1.49. The van der Waals surface area contributed by atoms with Gasteiger partial charge in [0.05, 0.1) is 11.7 Å². The van der Waals surface area contributed by atoms with Gasteiger partial charge in [0, 0.05) is 29.1 Å². The molecule has 1 unspecified atom stereocenters. The molecule has 0 N–H and O–H groups in total. The average molecular weight is 353 g/mol. The van der Waals surface area contributed by atoms with Gasteiger partial charge in [-0.25, -0.2) is 4.98 Å². The number of para-hydroxylation sites is 1. The van der Waals surface area contributed by atoms with Crippen LogP contribution in [0.1, 0.15) is 30.1 Å². The molecule has 0 fully saturated rings. The largest absolute Gasteiger partial charge is 0.459 e. The maximum Gasteiger partial charge on any atom is 0.259 e. The van der Waals surface area contributed by atoms with Crippen LogP contribution in [0.5, 0.6) is 0 Å². The van der Waals surface area contributed by atoms with Crippen LogP contribution in [0.2, 0.25) is 0 Å². The van der Waals surface area contributed by atoms with Crippen molar-refractivity contribution < 1.29 is 4.42 Å². The van der Waals surface area contributed by atoms with E-state index in [4.69, 9.17) is 4.42 Å². The van der Waals surface area contributed by atoms with Gasteiger partial charge < -0.3 is 4.42 Å². The Balaban J connectivity index is 1.60. The molecule has 0 radical (unpaired) electrons. The average Bonchev–Trinajstić information content (AvgIpc) is 3.18. The highest BCUT2D eigenvalue weighted by Gasteiger charge is 2.18. The van der Waals surface area contributed by atoms with Crippen LogP contribution in [0.15, 0.2) is 51.0 Å². The monoisotopic (exact) mass is 353 g/mol. The number of rotatable bonds is 4. The van der Waals surface area contributed by atoms with Crippen LogP contribution in [0, 0.1) is 6.92 Å². The van der Waals surface area contributed by atoms with Gasteiger partial charge in [0.15, 0.2) is 4.96 Å². The lowest BCUT2D eigenvalue weighted by atomic mass is 10.2. The number of benzene rings is 1. The van der Waals surface area contributed by atoms with Crippen molar-refractivity contribution >= 4 is 27.3 Å². The molecule has 3 aromatic heterocycles. The highest BCUT2D eigenvalue weighted by molar-refractivity contribution is 7.15. The van der Waals surface area contributed by atoms with E-state index < -0.39 is 0 Å². The van der Waals surface area contributed by atoms with Crippen molar-refractivity contribution in [3.8, 4) is 0 Å². The smallest absolute Gasteiger partial charge is 0.259 e. The molecule has 1 atom stereocenters. The summed E-state index contributed by atoms with van der Waals surface area (Å²) in [5, 5.41) is 3.05. The summed E-state index contributed by atoms with van der Waals surface area (Å²) in [6, 6.07) is 11.8. The normalized spacial score (nSPS) is 13.1. The molecular weight excluding hydrogens is 334 g/mol. The third kappa shape index (κ3) is 2.88. The number of nitrogens with zero attached hydrogens (tertiary/aromatic N) is 3. The zero-order valence-electron chi connectivity index (χ0n) is 14.4. The highest BCUT2D eigenvalue weighted by atomic mass is 32.1. The molecule has 1 aromatic carbocycles. The second-order valence-electron chi connectivity index (χ2n) is 6.36. The lowest BCUT2D eigenvalue weighted by Crippen LogP contribution is -2.24. The minimum atomic E-state index is -0.0245. The van der Waals surface area contributed by atoms with E-state index in [1.807, 2.05) is 43.6 Å². The Morgan fingerprint density at radius 2 is 2.12 bits per heavy atom. The summed E-state index contributed by atoms with van der Waals surface area (Å²) in [4.78, 5) is 19.8. The van der Waals surface area contributed by atoms with Crippen LogP contribution in [0.25, 0.3) is 15.9 Å². The third-order valence-electron chi connectivity index (χ3n) is 4.56. The van der Waals surface area contributed by atoms with Crippen molar-refractivity contribution in [1.82, 2.24) is 14.3 Å². The van der Waals surface area contributed by atoms with E-state index >= 15 is 0 Å². The lowest BCUT2D eigenvalue weighted by molar-refractivity contribution is 0.224. The third-order valence-corrected chi connectivity index (χ3v) is 5.50. The molecule has 0 bridgehead atoms. The molecule has 0 saturated heterocycles. The van der Waals surface area contributed by atoms with Crippen molar-refractivity contribution in [2.24, 2.45) is 0 Å². The number of fused-ring (bicyclic) bond motifs is 2. The zero-order valence-corrected chi connectivity index (χ0v) is 15.2. The van der Waals surface area contributed by atoms with Crippen LogP contribution < -0.4 is 5.56 Å². The van der Waals surface area contributed by atoms with E-state index in [1.54, 1.807) is 10.5 Å². The maximum atomic E-state index is 12.3. The first kappa shape index (κ1) is 16.1. The number of hydrogen-bond donors (Lipinski definition) is 0. The fourth-order valence-corrected chi connectivity index (χ4v) is 3.89. The lowest BCUT2D eigenvalue weighted by Gasteiger charge is -2.22. The van der Waals surface area contributed by atoms with Crippen molar-refractivity contribution in [3.63, 3.8) is 0 Å². The SMILES string of the molecule is Cc1csc2nc(CN(C)C(C)c3cc4ccccc4o3)cc(=O)n12. The van der Waals surface area contributed by atoms with Crippen LogP contribution in [0.4, 0.5) is 0 Å². The van der Waals surface area contributed by atoms with Crippen molar-refractivity contribution in [2.45, 2.75) is 26.4 Å². The van der Waals surface area contributed by atoms with Crippen molar-refractivity contribution in [1.29, 1.82) is 0 Å². The minimum absolute atomic E-state index is 0.0245. The van der Waals surface area contributed by atoms with Crippen LogP contribution in [-0.4, -0.2) is 21.3 Å². The first-order valence-corrected chi connectivity index (χ1v) is 9.06. The van der Waals surface area contributed by atoms with Crippen molar-refractivity contribution in [3.05, 3.63) is 69.3 Å². The highest BCUT2D eigenvalue weighted by Crippen LogP contribution is 2.27. The maximum absolute atomic E-state index is 12.3. The van der Waals surface area contributed by atoms with Gasteiger partial charge in [0.2, 0.25) is 0 Å². The Morgan fingerprint density at radius 1 is 1.32 bits per heavy atom. The van der Waals surface area contributed by atoms with Crippen LogP contribution in [0.3, 0.4) is 0 Å². The summed E-state index contributed by atoms with van der Waals surface area (Å²) < 4.78 is 7.61. The van der Waals surface area contributed by atoms with Gasteiger partial charge in [0.1, 0.15) is 11.3 Å². The molecule has 5 nitrogen and oxygen atoms in total. The second-order valence-corrected chi connectivity index (χ2v) is 7.20. The first-order chi connectivity index (χ1) is 12.0. The summed E-state index contributed by atoms with van der Waals surface area (Å²) in [7, 11) is 2.01. The first-order valence-electron chi connectivity index (χ1n) is 8.18. The fraction of sp³-hybridized carbons (Fsp3) is 0.263. The van der Waals surface area contributed by atoms with E-state index in [2.05, 4.69) is 22.9 Å². The molecule has 4 rings (SSSR count). The number of thiazole rings is 1. The van der Waals surface area contributed by atoms with Gasteiger partial charge in [-0.1, -0.05) is 18.2 Å². The van der Waals surface area contributed by atoms with Crippen LogP contribution in [-0.2, 0) is 6.54 Å². The molecule has 3 heterocycles.